The number of nitrogens with one attached hydrogen (secondary N) is 2. The van der Waals surface area contributed by atoms with E-state index in [1.165, 1.54) is 6.08 Å². The quantitative estimate of drug-likeness (QED) is 0.457. The molecule has 0 bridgehead atoms. The topological polar surface area (TPSA) is 104 Å². The Morgan fingerprint density at radius 1 is 1.21 bits per heavy atom. The van der Waals surface area contributed by atoms with Crippen molar-refractivity contribution in [3.63, 3.8) is 0 Å². The summed E-state index contributed by atoms with van der Waals surface area (Å²) in [6, 6.07) is 13.2. The largest absolute Gasteiger partial charge is 0.477 e. The first-order chi connectivity index (χ1) is 13.9. The van der Waals surface area contributed by atoms with Gasteiger partial charge in [-0.25, -0.2) is 9.78 Å². The fraction of sp³-hybridized carbons (Fsp3) is 0.136. The maximum Gasteiger partial charge on any atom is 0.345 e. The van der Waals surface area contributed by atoms with Gasteiger partial charge in [0.25, 0.3) is 0 Å². The molecule has 3 aromatic rings. The lowest BCUT2D eigenvalue weighted by Gasteiger charge is -2.28. The fourth-order valence-electron chi connectivity index (χ4n) is 3.26. The first-order valence-corrected chi connectivity index (χ1v) is 9.04. The number of nitrogens with zero attached hydrogens (tertiary/aromatic N) is 1. The van der Waals surface area contributed by atoms with Crippen LogP contribution in [0.1, 0.15) is 25.0 Å². The number of rotatable bonds is 5. The number of hydrogen-bond acceptors (Lipinski definition) is 5. The SMILES string of the molecule is CC(C)(NC1=C(C(=O)O)C(=O)C(=Cc2c[nH]c3ncccc23)O1)c1ccccc1. The molecule has 3 heterocycles. The summed E-state index contributed by atoms with van der Waals surface area (Å²) in [5, 5.41) is 13.5. The van der Waals surface area contributed by atoms with Gasteiger partial charge in [0.15, 0.2) is 11.3 Å². The molecule has 1 aliphatic rings. The van der Waals surface area contributed by atoms with Crippen LogP contribution in [0, 0.1) is 0 Å². The van der Waals surface area contributed by atoms with E-state index in [1.807, 2.05) is 50.2 Å². The minimum atomic E-state index is -1.34. The summed E-state index contributed by atoms with van der Waals surface area (Å²) in [6.07, 6.45) is 4.88. The van der Waals surface area contributed by atoms with E-state index in [1.54, 1.807) is 18.5 Å². The third-order valence-electron chi connectivity index (χ3n) is 4.80. The Morgan fingerprint density at radius 3 is 2.69 bits per heavy atom. The zero-order valence-electron chi connectivity index (χ0n) is 15.9. The molecule has 146 valence electrons. The number of carbonyl (C=O) groups excluding carboxylic acids is 1. The number of ether oxygens (including phenoxy) is 1. The van der Waals surface area contributed by atoms with Crippen LogP contribution < -0.4 is 5.32 Å². The average Bonchev–Trinajstić information content (AvgIpc) is 3.23. The number of aromatic nitrogens is 2. The molecule has 0 atom stereocenters. The second-order valence-corrected chi connectivity index (χ2v) is 7.21. The van der Waals surface area contributed by atoms with E-state index >= 15 is 0 Å². The summed E-state index contributed by atoms with van der Waals surface area (Å²) < 4.78 is 5.69. The van der Waals surface area contributed by atoms with Crippen molar-refractivity contribution < 1.29 is 19.4 Å². The highest BCUT2D eigenvalue weighted by Gasteiger charge is 2.38. The number of carboxylic acids is 1. The maximum absolute atomic E-state index is 12.7. The number of benzene rings is 1. The van der Waals surface area contributed by atoms with Crippen LogP contribution in [0.4, 0.5) is 0 Å². The van der Waals surface area contributed by atoms with Crippen LogP contribution in [-0.4, -0.2) is 26.8 Å². The standard InChI is InChI=1S/C22H19N3O4/c1-22(2,14-7-4-3-5-8-14)25-20-17(21(27)28)18(26)16(29-20)11-13-12-24-19-15(13)9-6-10-23-19/h3-12,25H,1-2H3,(H,23,24)(H,27,28). The molecule has 0 aliphatic carbocycles. The molecule has 0 fully saturated rings. The van der Waals surface area contributed by atoms with Crippen molar-refractivity contribution in [2.75, 3.05) is 0 Å². The highest BCUT2D eigenvalue weighted by molar-refractivity contribution is 6.26. The van der Waals surface area contributed by atoms with E-state index in [4.69, 9.17) is 4.74 Å². The van der Waals surface area contributed by atoms with Gasteiger partial charge >= 0.3 is 5.97 Å². The molecule has 1 aromatic carbocycles. The molecular weight excluding hydrogens is 370 g/mol. The van der Waals surface area contributed by atoms with Crippen LogP contribution in [0.2, 0.25) is 0 Å². The third-order valence-corrected chi connectivity index (χ3v) is 4.80. The van der Waals surface area contributed by atoms with Crippen LogP contribution in [0.3, 0.4) is 0 Å². The summed E-state index contributed by atoms with van der Waals surface area (Å²) in [6.45, 7) is 3.77. The number of carboxylic acid groups (broad SMARTS) is 1. The molecule has 1 aliphatic heterocycles. The molecular formula is C22H19N3O4. The number of fused-ring (bicyclic) bond motifs is 1. The fourth-order valence-corrected chi connectivity index (χ4v) is 3.26. The number of pyridine rings is 1. The van der Waals surface area contributed by atoms with E-state index in [-0.39, 0.29) is 11.6 Å². The second-order valence-electron chi connectivity index (χ2n) is 7.21. The van der Waals surface area contributed by atoms with Crippen molar-refractivity contribution in [2.45, 2.75) is 19.4 Å². The molecule has 0 spiro atoms. The Kier molecular flexibility index (Phi) is 4.43. The van der Waals surface area contributed by atoms with Crippen LogP contribution in [0.5, 0.6) is 0 Å². The van der Waals surface area contributed by atoms with Gasteiger partial charge in [0.05, 0.1) is 5.54 Å². The molecule has 4 rings (SSSR count). The normalized spacial score (nSPS) is 15.8. The third kappa shape index (κ3) is 3.38. The van der Waals surface area contributed by atoms with Crippen molar-refractivity contribution in [1.29, 1.82) is 0 Å². The summed E-state index contributed by atoms with van der Waals surface area (Å²) >= 11 is 0. The highest BCUT2D eigenvalue weighted by atomic mass is 16.5. The van der Waals surface area contributed by atoms with Gasteiger partial charge in [0.2, 0.25) is 11.7 Å². The average molecular weight is 389 g/mol. The van der Waals surface area contributed by atoms with Gasteiger partial charge in [0.1, 0.15) is 5.65 Å². The van der Waals surface area contributed by atoms with E-state index in [2.05, 4.69) is 15.3 Å². The number of carbonyl (C=O) groups is 2. The molecule has 0 unspecified atom stereocenters. The van der Waals surface area contributed by atoms with E-state index in [0.29, 0.717) is 11.2 Å². The van der Waals surface area contributed by atoms with Gasteiger partial charge in [0, 0.05) is 23.3 Å². The van der Waals surface area contributed by atoms with Crippen LogP contribution >= 0.6 is 0 Å². The van der Waals surface area contributed by atoms with Gasteiger partial charge in [-0.3, -0.25) is 4.79 Å². The van der Waals surface area contributed by atoms with Crippen molar-refractivity contribution in [1.82, 2.24) is 15.3 Å². The number of aromatic amines is 1. The van der Waals surface area contributed by atoms with Crippen molar-refractivity contribution in [3.05, 3.63) is 83.2 Å². The smallest absolute Gasteiger partial charge is 0.345 e. The van der Waals surface area contributed by atoms with Crippen LogP contribution in [0.15, 0.2) is 72.1 Å². The molecule has 2 aromatic heterocycles. The number of allylic oxidation sites excluding steroid dienone is 1. The van der Waals surface area contributed by atoms with Crippen molar-refractivity contribution in [2.24, 2.45) is 0 Å². The van der Waals surface area contributed by atoms with Gasteiger partial charge in [-0.15, -0.1) is 0 Å². The van der Waals surface area contributed by atoms with Gasteiger partial charge in [-0.1, -0.05) is 30.3 Å². The second kappa shape index (κ2) is 6.94. The van der Waals surface area contributed by atoms with E-state index in [9.17, 15) is 14.7 Å². The zero-order chi connectivity index (χ0) is 20.6. The van der Waals surface area contributed by atoms with Crippen LogP contribution in [-0.2, 0) is 19.9 Å². The molecule has 7 nitrogen and oxygen atoms in total. The predicted molar refractivity (Wildman–Crippen MR) is 107 cm³/mol. The number of ketones is 1. The molecule has 0 saturated heterocycles. The maximum atomic E-state index is 12.7. The first-order valence-electron chi connectivity index (χ1n) is 9.04. The summed E-state index contributed by atoms with van der Waals surface area (Å²) in [5.74, 6) is -2.15. The predicted octanol–water partition coefficient (Wildman–Crippen LogP) is 3.32. The lowest BCUT2D eigenvalue weighted by molar-refractivity contribution is -0.134. The Bertz CT molecular complexity index is 1170. The number of H-pyrrole nitrogens is 1. The summed E-state index contributed by atoms with van der Waals surface area (Å²) in [7, 11) is 0. The summed E-state index contributed by atoms with van der Waals surface area (Å²) in [4.78, 5) is 31.7. The minimum absolute atomic E-state index is 0.0569. The number of hydrogen-bond donors (Lipinski definition) is 3. The molecule has 7 heteroatoms. The van der Waals surface area contributed by atoms with Crippen molar-refractivity contribution in [3.8, 4) is 0 Å². The van der Waals surface area contributed by atoms with E-state index < -0.39 is 22.9 Å². The summed E-state index contributed by atoms with van der Waals surface area (Å²) in [5.41, 5.74) is 1.20. The van der Waals surface area contributed by atoms with Crippen LogP contribution in [0.25, 0.3) is 17.1 Å². The Balaban J connectivity index is 1.69. The molecule has 0 amide bonds. The van der Waals surface area contributed by atoms with Gasteiger partial charge in [-0.05, 0) is 37.6 Å². The lowest BCUT2D eigenvalue weighted by Crippen LogP contribution is -2.36. The van der Waals surface area contributed by atoms with E-state index in [0.717, 1.165) is 10.9 Å². The lowest BCUT2D eigenvalue weighted by atomic mass is 9.94. The minimum Gasteiger partial charge on any atom is -0.477 e. The number of Topliss-reactive ketones (excluding diaryl/α,β-unsaturated/α-hetero) is 1. The highest BCUT2D eigenvalue weighted by Crippen LogP contribution is 2.30. The number of aliphatic carboxylic acids is 1. The Morgan fingerprint density at radius 2 is 1.97 bits per heavy atom. The Hall–Kier alpha value is -3.87. The molecule has 3 N–H and O–H groups in total. The molecule has 0 saturated carbocycles. The van der Waals surface area contributed by atoms with Crippen molar-refractivity contribution >= 4 is 28.9 Å². The monoisotopic (exact) mass is 389 g/mol. The molecule has 0 radical (unpaired) electrons. The first kappa shape index (κ1) is 18.5. The van der Waals surface area contributed by atoms with Gasteiger partial charge < -0.3 is 20.1 Å². The zero-order valence-corrected chi connectivity index (χ0v) is 15.9. The van der Waals surface area contributed by atoms with Gasteiger partial charge in [-0.2, -0.15) is 0 Å². The Labute approximate surface area is 166 Å². The molecule has 29 heavy (non-hydrogen) atoms.